The summed E-state index contributed by atoms with van der Waals surface area (Å²) in [5.41, 5.74) is 0.999. The van der Waals surface area contributed by atoms with Crippen LogP contribution in [-0.2, 0) is 32.5 Å². The van der Waals surface area contributed by atoms with Gasteiger partial charge in [-0.1, -0.05) is 36.8 Å². The number of ether oxygens (including phenoxy) is 1. The molecule has 0 aliphatic rings. The molecule has 0 aliphatic heterocycles. The number of carbonyl (C=O) groups excluding carboxylic acids is 1. The van der Waals surface area contributed by atoms with Crippen molar-refractivity contribution in [3.8, 4) is 0 Å². The van der Waals surface area contributed by atoms with E-state index in [2.05, 4.69) is 20.5 Å². The molecule has 4 heteroatoms. The van der Waals surface area contributed by atoms with Gasteiger partial charge in [-0.2, -0.15) is 0 Å². The van der Waals surface area contributed by atoms with Crippen LogP contribution in [-0.4, -0.2) is 5.97 Å². The maximum absolute atomic E-state index is 10.7. The summed E-state index contributed by atoms with van der Waals surface area (Å²) in [5.74, 6) is -0.265. The van der Waals surface area contributed by atoms with E-state index in [1.807, 2.05) is 30.3 Å². The second kappa shape index (κ2) is 9.35. The van der Waals surface area contributed by atoms with Crippen molar-refractivity contribution in [3.63, 3.8) is 0 Å². The van der Waals surface area contributed by atoms with E-state index in [1.54, 1.807) is 0 Å². The van der Waals surface area contributed by atoms with E-state index >= 15 is 0 Å². The zero-order chi connectivity index (χ0) is 10.8. The van der Waals surface area contributed by atoms with Crippen LogP contribution < -0.4 is 0 Å². The zero-order valence-corrected chi connectivity index (χ0v) is 12.5. The monoisotopic (exact) mass is 306 g/mol. The number of halogens is 1. The fourth-order valence-corrected chi connectivity index (χ4v) is 0.810. The fraction of sp³-hybridized carbons (Fsp3) is 0.200. The van der Waals surface area contributed by atoms with E-state index < -0.39 is 0 Å². The average Bonchev–Trinajstić information content (AvgIpc) is 2.30. The molecule has 0 radical (unpaired) electrons. The minimum atomic E-state index is -0.265. The van der Waals surface area contributed by atoms with E-state index in [9.17, 15) is 4.79 Å². The Hall–Kier alpha value is -0.207. The van der Waals surface area contributed by atoms with Crippen molar-refractivity contribution in [2.24, 2.45) is 0 Å². The summed E-state index contributed by atoms with van der Waals surface area (Å²) < 4.78 is 4.88. The summed E-state index contributed by atoms with van der Waals surface area (Å²) in [6.07, 6.45) is 0.187. The van der Waals surface area contributed by atoms with Gasteiger partial charge in [0.25, 0.3) is 5.97 Å². The van der Waals surface area contributed by atoms with Gasteiger partial charge >= 0.3 is 30.0 Å². The van der Waals surface area contributed by atoms with Gasteiger partial charge in [0.1, 0.15) is 6.61 Å². The third-order valence-electron chi connectivity index (χ3n) is 1.45. The topological polar surface area (TPSA) is 26.3 Å². The zero-order valence-electron chi connectivity index (χ0n) is 7.91. The third-order valence-corrected chi connectivity index (χ3v) is 1.45. The molecule has 0 bridgehead atoms. The summed E-state index contributed by atoms with van der Waals surface area (Å²) in [4.78, 5) is 10.7. The van der Waals surface area contributed by atoms with E-state index in [0.717, 1.165) is 5.56 Å². The van der Waals surface area contributed by atoms with Crippen LogP contribution in [0, 0.1) is 6.92 Å². The Morgan fingerprint density at radius 1 is 1.36 bits per heavy atom. The number of rotatable bonds is 3. The molecule has 0 aromatic heterocycles. The van der Waals surface area contributed by atoms with Gasteiger partial charge in [0.2, 0.25) is 0 Å². The van der Waals surface area contributed by atoms with Gasteiger partial charge in [0.15, 0.2) is 0 Å². The van der Waals surface area contributed by atoms with Gasteiger partial charge in [-0.15, -0.1) is 0 Å². The molecular formula is C10H11BrO2Zn. The van der Waals surface area contributed by atoms with Gasteiger partial charge in [0, 0.05) is 0 Å². The average molecular weight is 308 g/mol. The number of hydrogen-bond acceptors (Lipinski definition) is 2. The van der Waals surface area contributed by atoms with Gasteiger partial charge in [-0.05, 0) is 5.56 Å². The first-order chi connectivity index (χ1) is 6.83. The first-order valence-electron chi connectivity index (χ1n) is 4.08. The molecule has 1 rings (SSSR count). The summed E-state index contributed by atoms with van der Waals surface area (Å²) in [6.45, 7) is 3.77. The number of benzene rings is 1. The second-order valence-corrected chi connectivity index (χ2v) is 2.40. The first kappa shape index (κ1) is 13.8. The molecule has 0 aliphatic carbocycles. The van der Waals surface area contributed by atoms with E-state index in [4.69, 9.17) is 4.74 Å². The van der Waals surface area contributed by atoms with Gasteiger partial charge in [0.05, 0.1) is 0 Å². The SMILES string of the molecule is [CH2-]CC(=O)OCc1ccccc1.[Zn+][Br]. The van der Waals surface area contributed by atoms with Crippen molar-refractivity contribution < 1.29 is 25.9 Å². The van der Waals surface area contributed by atoms with E-state index in [1.165, 1.54) is 16.3 Å². The third kappa shape index (κ3) is 6.28. The molecule has 0 unspecified atom stereocenters. The molecule has 0 fully saturated rings. The molecule has 0 amide bonds. The van der Waals surface area contributed by atoms with Crippen molar-refractivity contribution >= 4 is 19.6 Å². The van der Waals surface area contributed by atoms with Crippen molar-refractivity contribution in [1.29, 1.82) is 0 Å². The normalized spacial score (nSPS) is 8.57. The summed E-state index contributed by atoms with van der Waals surface area (Å²) >= 11 is 4.25. The molecular weight excluding hydrogens is 297 g/mol. The quantitative estimate of drug-likeness (QED) is 0.487. The molecule has 0 atom stereocenters. The predicted octanol–water partition coefficient (Wildman–Crippen LogP) is 2.80. The van der Waals surface area contributed by atoms with Crippen molar-refractivity contribution in [1.82, 2.24) is 0 Å². The molecule has 14 heavy (non-hydrogen) atoms. The summed E-state index contributed by atoms with van der Waals surface area (Å²) in [7, 11) is 0. The van der Waals surface area contributed by atoms with Crippen LogP contribution in [0.2, 0.25) is 0 Å². The van der Waals surface area contributed by atoms with Crippen LogP contribution in [0.15, 0.2) is 30.3 Å². The molecule has 0 N–H and O–H groups in total. The molecule has 72 valence electrons. The van der Waals surface area contributed by atoms with Crippen LogP contribution in [0.4, 0.5) is 0 Å². The Bertz CT molecular complexity index is 252. The summed E-state index contributed by atoms with van der Waals surface area (Å²) in [5, 5.41) is 0. The van der Waals surface area contributed by atoms with Crippen LogP contribution in [0.1, 0.15) is 12.0 Å². The fourth-order valence-electron chi connectivity index (χ4n) is 0.810. The van der Waals surface area contributed by atoms with Crippen LogP contribution in [0.25, 0.3) is 0 Å². The Kier molecular flexibility index (Phi) is 9.21. The number of carbonyl (C=O) groups is 1. The molecule has 0 heterocycles. The Balaban J connectivity index is 0.000000791. The van der Waals surface area contributed by atoms with Crippen LogP contribution >= 0.6 is 13.6 Å². The molecule has 0 saturated carbocycles. The molecule has 1 aromatic rings. The maximum atomic E-state index is 10.7. The predicted molar refractivity (Wildman–Crippen MR) is 55.1 cm³/mol. The van der Waals surface area contributed by atoms with Gasteiger partial charge < -0.3 is 11.7 Å². The minimum absolute atomic E-state index is 0.187. The molecule has 0 spiro atoms. The van der Waals surface area contributed by atoms with Crippen molar-refractivity contribution in [2.45, 2.75) is 13.0 Å². The van der Waals surface area contributed by atoms with Gasteiger partial charge in [-0.3, -0.25) is 4.79 Å². The van der Waals surface area contributed by atoms with Gasteiger partial charge in [-0.25, -0.2) is 0 Å². The first-order valence-corrected chi connectivity index (χ1v) is 11.0. The number of esters is 1. The standard InChI is InChI=1S/C10H11O2.BrH.Zn/c1-2-10(11)12-8-9-6-4-3-5-7-9;;/h3-7H,1-2,8H2;1H;/q-1;;+2/p-1. The van der Waals surface area contributed by atoms with Crippen molar-refractivity contribution in [2.75, 3.05) is 0 Å². The molecule has 0 saturated heterocycles. The Morgan fingerprint density at radius 2 is 1.93 bits per heavy atom. The second-order valence-electron chi connectivity index (χ2n) is 2.40. The van der Waals surface area contributed by atoms with Crippen LogP contribution in [0.5, 0.6) is 0 Å². The summed E-state index contributed by atoms with van der Waals surface area (Å²) in [6, 6.07) is 9.57. The molecule has 1 aromatic carbocycles. The molecule has 2 nitrogen and oxygen atoms in total. The Labute approximate surface area is 101 Å². The van der Waals surface area contributed by atoms with Crippen LogP contribution in [0.3, 0.4) is 0 Å². The Morgan fingerprint density at radius 3 is 2.43 bits per heavy atom. The number of hydrogen-bond donors (Lipinski definition) is 0. The van der Waals surface area contributed by atoms with E-state index in [0.29, 0.717) is 6.61 Å². The van der Waals surface area contributed by atoms with Crippen molar-refractivity contribution in [3.05, 3.63) is 42.8 Å². The van der Waals surface area contributed by atoms with E-state index in [-0.39, 0.29) is 12.4 Å².